The van der Waals surface area contributed by atoms with Crippen LogP contribution in [0, 0.1) is 0 Å². The number of hydrogen-bond donors (Lipinski definition) is 0. The van der Waals surface area contributed by atoms with Crippen molar-refractivity contribution in [2.75, 3.05) is 7.11 Å². The molecule has 0 saturated carbocycles. The fourth-order valence-electron chi connectivity index (χ4n) is 0.142. The van der Waals surface area contributed by atoms with E-state index in [1.807, 2.05) is 13.1 Å². The largest absolute Gasteiger partial charge is 0.580 e. The highest BCUT2D eigenvalue weighted by Crippen LogP contribution is 2.00. The number of hydrogen-bond acceptors (Lipinski definition) is 3. The van der Waals surface area contributed by atoms with Crippen LogP contribution in [0.3, 0.4) is 0 Å². The van der Waals surface area contributed by atoms with Crippen LogP contribution >= 0.6 is 0 Å². The highest BCUT2D eigenvalue weighted by molar-refractivity contribution is 6.67. The Morgan fingerprint density at radius 2 is 2.00 bits per heavy atom. The number of rotatable bonds is 3. The van der Waals surface area contributed by atoms with E-state index in [2.05, 4.69) is 0 Å². The minimum atomic E-state index is -1.98. The highest BCUT2D eigenvalue weighted by atomic mass is 28.4. The van der Waals surface area contributed by atoms with E-state index in [4.69, 9.17) is 8.54 Å². The van der Waals surface area contributed by atoms with Gasteiger partial charge >= 0.3 is 18.2 Å². The molecule has 0 aliphatic carbocycles. The highest BCUT2D eigenvalue weighted by Gasteiger charge is 2.22. The lowest BCUT2D eigenvalue weighted by Crippen LogP contribution is -2.32. The fourth-order valence-corrected chi connectivity index (χ4v) is 1.28. The summed E-state index contributed by atoms with van der Waals surface area (Å²) >= 11 is 0. The lowest BCUT2D eigenvalue weighted by Gasteiger charge is -2.15. The Morgan fingerprint density at radius 3 is 2.12 bits per heavy atom. The van der Waals surface area contributed by atoms with Crippen molar-refractivity contribution >= 4 is 18.2 Å². The second-order valence-electron chi connectivity index (χ2n) is 1.79. The van der Waals surface area contributed by atoms with Gasteiger partial charge in [0, 0.05) is 7.11 Å². The molecule has 0 N–H and O–H groups in total. The first-order valence-electron chi connectivity index (χ1n) is 2.22. The summed E-state index contributed by atoms with van der Waals surface area (Å²) in [5, 5.41) is 0. The zero-order valence-electron chi connectivity index (χ0n) is 5.22. The summed E-state index contributed by atoms with van der Waals surface area (Å²) in [5.74, 6) is 0. The van der Waals surface area contributed by atoms with Crippen molar-refractivity contribution in [3.05, 3.63) is 0 Å². The zero-order chi connectivity index (χ0) is 6.62. The van der Waals surface area contributed by atoms with Gasteiger partial charge < -0.3 is 13.0 Å². The smallest absolute Gasteiger partial charge is 0.556 e. The molecule has 8 heavy (non-hydrogen) atoms. The topological polar surface area (TPSA) is 35.5 Å². The Kier molecular flexibility index (Phi) is 3.10. The molecule has 0 atom stereocenters. The lowest BCUT2D eigenvalue weighted by molar-refractivity contribution is 0.311. The van der Waals surface area contributed by atoms with Crippen LogP contribution in [0.5, 0.6) is 0 Å². The van der Waals surface area contributed by atoms with E-state index in [1.165, 1.54) is 0 Å². The standard InChI is InChI=1S/C3H9O3Si2/c1-5-8(2,3)6-7-4/h1-3H3. The van der Waals surface area contributed by atoms with E-state index in [9.17, 15) is 4.46 Å². The molecule has 0 aromatic rings. The Hall–Kier alpha value is -0.00623. The molecule has 1 radical (unpaired) electrons. The second-order valence-corrected chi connectivity index (χ2v) is 5.98. The van der Waals surface area contributed by atoms with Gasteiger partial charge in [-0.3, -0.25) is 0 Å². The summed E-state index contributed by atoms with van der Waals surface area (Å²) in [6.07, 6.45) is 0. The minimum absolute atomic E-state index is 0.697. The molecular formula is C3H9O3Si2. The van der Waals surface area contributed by atoms with E-state index < -0.39 is 18.2 Å². The summed E-state index contributed by atoms with van der Waals surface area (Å²) in [5.41, 5.74) is 0. The molecule has 0 bridgehead atoms. The van der Waals surface area contributed by atoms with Crippen LogP contribution in [0.25, 0.3) is 0 Å². The summed E-state index contributed by atoms with van der Waals surface area (Å²) in [7, 11) is -1.11. The zero-order valence-corrected chi connectivity index (χ0v) is 7.22. The average molecular weight is 149 g/mol. The van der Waals surface area contributed by atoms with Gasteiger partial charge in [0.15, 0.2) is 0 Å². The van der Waals surface area contributed by atoms with Crippen molar-refractivity contribution in [1.29, 1.82) is 0 Å². The molecule has 0 aromatic heterocycles. The van der Waals surface area contributed by atoms with Gasteiger partial charge in [-0.05, 0) is 13.1 Å². The van der Waals surface area contributed by atoms with Crippen LogP contribution in [0.1, 0.15) is 0 Å². The molecule has 0 heterocycles. The van der Waals surface area contributed by atoms with Gasteiger partial charge in [0.05, 0.1) is 0 Å². The van der Waals surface area contributed by atoms with Crippen molar-refractivity contribution in [2.45, 2.75) is 13.1 Å². The van der Waals surface area contributed by atoms with Crippen molar-refractivity contribution in [3.8, 4) is 0 Å². The molecule has 0 spiro atoms. The Labute approximate surface area is 52.2 Å². The van der Waals surface area contributed by atoms with Crippen LogP contribution in [0.15, 0.2) is 0 Å². The maximum absolute atomic E-state index is 9.86. The third-order valence-corrected chi connectivity index (χ3v) is 4.06. The third-order valence-electron chi connectivity index (χ3n) is 0.779. The van der Waals surface area contributed by atoms with E-state index in [-0.39, 0.29) is 0 Å². The Morgan fingerprint density at radius 1 is 1.50 bits per heavy atom. The molecule has 0 unspecified atom stereocenters. The van der Waals surface area contributed by atoms with Crippen LogP contribution in [-0.4, -0.2) is 25.3 Å². The van der Waals surface area contributed by atoms with Gasteiger partial charge in [0.2, 0.25) is 0 Å². The van der Waals surface area contributed by atoms with Crippen molar-refractivity contribution in [1.82, 2.24) is 0 Å². The maximum Gasteiger partial charge on any atom is 0.580 e. The Bertz CT molecular complexity index is 82.6. The first-order valence-corrected chi connectivity index (χ1v) is 5.86. The van der Waals surface area contributed by atoms with Gasteiger partial charge in [0.25, 0.3) is 0 Å². The van der Waals surface area contributed by atoms with E-state index in [1.54, 1.807) is 7.11 Å². The first-order chi connectivity index (χ1) is 3.62. The molecule has 3 nitrogen and oxygen atoms in total. The van der Waals surface area contributed by atoms with Crippen LogP contribution in [-0.2, 0) is 13.0 Å². The van der Waals surface area contributed by atoms with E-state index in [0.717, 1.165) is 0 Å². The molecule has 0 amide bonds. The van der Waals surface area contributed by atoms with E-state index >= 15 is 0 Å². The van der Waals surface area contributed by atoms with Gasteiger partial charge in [-0.15, -0.1) is 0 Å². The third kappa shape index (κ3) is 3.06. The monoisotopic (exact) mass is 149 g/mol. The van der Waals surface area contributed by atoms with Crippen molar-refractivity contribution in [3.63, 3.8) is 0 Å². The van der Waals surface area contributed by atoms with Crippen LogP contribution in [0.2, 0.25) is 13.1 Å². The van der Waals surface area contributed by atoms with Gasteiger partial charge in [-0.2, -0.15) is 0 Å². The molecule has 0 aliphatic heterocycles. The summed E-state index contributed by atoms with van der Waals surface area (Å²) < 4.78 is 19.5. The molecule has 47 valence electrons. The van der Waals surface area contributed by atoms with Crippen molar-refractivity contribution in [2.24, 2.45) is 0 Å². The molecular weight excluding hydrogens is 140 g/mol. The normalized spacial score (nSPS) is 10.9. The molecule has 0 aromatic carbocycles. The average Bonchev–Trinajstić information content (AvgIpc) is 1.67. The fraction of sp³-hybridized carbons (Fsp3) is 1.00. The summed E-state index contributed by atoms with van der Waals surface area (Å²) in [6, 6.07) is 0. The van der Waals surface area contributed by atoms with E-state index in [0.29, 0.717) is 0 Å². The van der Waals surface area contributed by atoms with Gasteiger partial charge in [-0.1, -0.05) is 0 Å². The summed E-state index contributed by atoms with van der Waals surface area (Å²) in [4.78, 5) is 0. The molecule has 5 heteroatoms. The van der Waals surface area contributed by atoms with Gasteiger partial charge in [-0.25, -0.2) is 0 Å². The first kappa shape index (κ1) is 7.99. The summed E-state index contributed by atoms with van der Waals surface area (Å²) in [6.45, 7) is 3.66. The molecule has 0 saturated heterocycles. The maximum atomic E-state index is 9.86. The SMILES string of the molecule is CO[Si](C)(C)O[Si]=O. The van der Waals surface area contributed by atoms with Crippen LogP contribution in [0.4, 0.5) is 0 Å². The minimum Gasteiger partial charge on any atom is -0.556 e. The van der Waals surface area contributed by atoms with Crippen molar-refractivity contribution < 1.29 is 13.0 Å². The van der Waals surface area contributed by atoms with Gasteiger partial charge in [0.1, 0.15) is 0 Å². The van der Waals surface area contributed by atoms with Crippen LogP contribution < -0.4 is 0 Å². The predicted octanol–water partition coefficient (Wildman–Crippen LogP) is 0.316. The molecule has 0 aliphatic rings. The lowest BCUT2D eigenvalue weighted by atomic mass is 11.8. The Balaban J connectivity index is 3.53. The molecule has 0 fully saturated rings. The quantitative estimate of drug-likeness (QED) is 0.542. The predicted molar refractivity (Wildman–Crippen MR) is 32.0 cm³/mol. The second kappa shape index (κ2) is 3.11. The molecule has 0 rings (SSSR count).